The maximum absolute atomic E-state index is 12.4. The molecule has 1 aliphatic heterocycles. The van der Waals surface area contributed by atoms with Gasteiger partial charge in [-0.3, -0.25) is 9.36 Å². The van der Waals surface area contributed by atoms with Crippen molar-refractivity contribution in [1.82, 2.24) is 14.9 Å². The first kappa shape index (κ1) is 25.1. The van der Waals surface area contributed by atoms with E-state index in [9.17, 15) is 9.36 Å². The number of hydrogen-bond acceptors (Lipinski definition) is 8. The van der Waals surface area contributed by atoms with Crippen molar-refractivity contribution in [2.24, 2.45) is 5.92 Å². The van der Waals surface area contributed by atoms with E-state index < -0.39 is 7.42 Å². The molecular formula is C26H28ClN6O3P. The molecule has 1 aromatic heterocycles. The van der Waals surface area contributed by atoms with Crippen molar-refractivity contribution in [2.45, 2.75) is 12.8 Å². The van der Waals surface area contributed by atoms with Gasteiger partial charge in [-0.25, -0.2) is 4.98 Å². The first-order valence-corrected chi connectivity index (χ1v) is 13.9. The van der Waals surface area contributed by atoms with Crippen LogP contribution in [0.4, 0.5) is 28.8 Å². The van der Waals surface area contributed by atoms with E-state index in [1.165, 1.54) is 6.20 Å². The van der Waals surface area contributed by atoms with E-state index in [0.717, 1.165) is 44.7 Å². The largest absolute Gasteiger partial charge is 0.494 e. The van der Waals surface area contributed by atoms with Gasteiger partial charge in [0.25, 0.3) is 0 Å². The van der Waals surface area contributed by atoms with Gasteiger partial charge in [0, 0.05) is 43.9 Å². The van der Waals surface area contributed by atoms with Crippen molar-refractivity contribution >= 4 is 65.4 Å². The van der Waals surface area contributed by atoms with Crippen molar-refractivity contribution in [2.75, 3.05) is 48.8 Å². The van der Waals surface area contributed by atoms with Gasteiger partial charge in [-0.15, -0.1) is 0 Å². The van der Waals surface area contributed by atoms with Crippen LogP contribution in [0.15, 0.2) is 48.7 Å². The Morgan fingerprint density at radius 3 is 2.57 bits per heavy atom. The second-order valence-electron chi connectivity index (χ2n) is 9.01. The lowest BCUT2D eigenvalue weighted by atomic mass is 10.2. The fourth-order valence-electron chi connectivity index (χ4n) is 4.31. The molecule has 192 valence electrons. The van der Waals surface area contributed by atoms with Gasteiger partial charge in [0.15, 0.2) is 5.82 Å². The summed E-state index contributed by atoms with van der Waals surface area (Å²) in [5.41, 5.74) is 2.34. The number of nitrogens with zero attached hydrogens (tertiary/aromatic N) is 4. The number of piperazine rings is 1. The monoisotopic (exact) mass is 538 g/mol. The lowest BCUT2D eigenvalue weighted by molar-refractivity contribution is -0.132. The minimum Gasteiger partial charge on any atom is -0.494 e. The van der Waals surface area contributed by atoms with Gasteiger partial charge in [-0.1, -0.05) is 23.7 Å². The van der Waals surface area contributed by atoms with Gasteiger partial charge in [0.1, 0.15) is 18.2 Å². The number of halogens is 1. The number of hydrogen-bond donors (Lipinski definition) is 2. The van der Waals surface area contributed by atoms with Crippen molar-refractivity contribution in [1.29, 1.82) is 0 Å². The molecule has 2 aromatic carbocycles. The van der Waals surface area contributed by atoms with Crippen LogP contribution in [-0.4, -0.2) is 60.4 Å². The highest BCUT2D eigenvalue weighted by Crippen LogP contribution is 2.34. The van der Waals surface area contributed by atoms with Crippen LogP contribution in [0.1, 0.15) is 12.8 Å². The zero-order valence-electron chi connectivity index (χ0n) is 20.5. The van der Waals surface area contributed by atoms with Crippen molar-refractivity contribution in [3.05, 3.63) is 53.7 Å². The highest BCUT2D eigenvalue weighted by molar-refractivity contribution is 7.52. The van der Waals surface area contributed by atoms with Crippen LogP contribution in [0.5, 0.6) is 5.75 Å². The van der Waals surface area contributed by atoms with Gasteiger partial charge in [0.2, 0.25) is 11.9 Å². The van der Waals surface area contributed by atoms with E-state index in [-0.39, 0.29) is 5.92 Å². The molecule has 2 heterocycles. The first-order chi connectivity index (χ1) is 17.9. The Hall–Kier alpha value is -3.55. The molecule has 9 nitrogen and oxygen atoms in total. The molecule has 37 heavy (non-hydrogen) atoms. The fourth-order valence-corrected chi connectivity index (χ4v) is 5.10. The number of anilines is 5. The molecule has 2 fully saturated rings. The fraction of sp³-hybridized carbons (Fsp3) is 0.308. The highest BCUT2D eigenvalue weighted by atomic mass is 35.5. The van der Waals surface area contributed by atoms with E-state index >= 15 is 0 Å². The van der Waals surface area contributed by atoms with Crippen molar-refractivity contribution in [3.63, 3.8) is 0 Å². The maximum atomic E-state index is 12.4. The number of nitrogens with one attached hydrogen (secondary N) is 2. The number of carbonyl (C=O) groups excluding carboxylic acids is 1. The Balaban J connectivity index is 1.30. The minimum atomic E-state index is -1.80. The second-order valence-corrected chi connectivity index (χ2v) is 10.7. The lowest BCUT2D eigenvalue weighted by Gasteiger charge is -2.36. The summed E-state index contributed by atoms with van der Waals surface area (Å²) in [7, 11) is -0.182. The summed E-state index contributed by atoms with van der Waals surface area (Å²) < 4.78 is 17.7. The molecular weight excluding hydrogens is 511 g/mol. The average Bonchev–Trinajstić information content (AvgIpc) is 3.76. The molecule has 1 aliphatic carbocycles. The Morgan fingerprint density at radius 2 is 1.86 bits per heavy atom. The van der Waals surface area contributed by atoms with Gasteiger partial charge in [0.05, 0.1) is 30.0 Å². The Kier molecular flexibility index (Phi) is 7.35. The normalized spacial score (nSPS) is 15.8. The topological polar surface area (TPSA) is 99.7 Å². The van der Waals surface area contributed by atoms with Crippen LogP contribution in [0, 0.1) is 5.92 Å². The molecule has 11 heteroatoms. The molecule has 0 radical (unpaired) electrons. The smallest absolute Gasteiger partial charge is 0.229 e. The Morgan fingerprint density at radius 1 is 1.11 bits per heavy atom. The number of benzene rings is 2. The molecule has 1 saturated heterocycles. The van der Waals surface area contributed by atoms with E-state index in [2.05, 4.69) is 31.8 Å². The van der Waals surface area contributed by atoms with Crippen LogP contribution in [0.3, 0.4) is 0 Å². The molecule has 1 saturated carbocycles. The van der Waals surface area contributed by atoms with Crippen LogP contribution >= 0.6 is 19.0 Å². The number of carbonyl (C=O) groups is 1. The summed E-state index contributed by atoms with van der Waals surface area (Å²) in [5, 5.41) is 7.24. The summed E-state index contributed by atoms with van der Waals surface area (Å²) in [6.45, 7) is 3.03. The number of aromatic nitrogens is 2. The van der Waals surface area contributed by atoms with Crippen molar-refractivity contribution in [3.8, 4) is 5.75 Å². The number of para-hydroxylation sites is 1. The molecule has 1 atom stereocenters. The number of ether oxygens (including phenoxy) is 1. The average molecular weight is 539 g/mol. The van der Waals surface area contributed by atoms with Crippen LogP contribution in [0.25, 0.3) is 0 Å². The standard InChI is InChI=1S/C26H28ClN6O3P/c1-36-22-15-18(32-11-13-33(14-12-32)25(34)17-7-8-17)9-10-20(22)30-26-28-16-19(27)24(31-26)29-21-5-3-4-6-23(21)37(2)35/h3-6,9-10,15-17H,2,7-8,11-14H2,1H3,(H2,28,29,30,31). The van der Waals surface area contributed by atoms with Gasteiger partial charge in [-0.2, -0.15) is 4.98 Å². The third kappa shape index (κ3) is 5.73. The predicted molar refractivity (Wildman–Crippen MR) is 149 cm³/mol. The SMILES string of the molecule is C=P(=O)c1ccccc1Nc1nc(Nc2ccc(N3CCN(C(=O)C4CC4)CC3)cc2OC)ncc1Cl. The molecule has 1 unspecified atom stereocenters. The highest BCUT2D eigenvalue weighted by Gasteiger charge is 2.34. The quantitative estimate of drug-likeness (QED) is 0.402. The zero-order valence-corrected chi connectivity index (χ0v) is 22.1. The number of methoxy groups -OCH3 is 1. The Bertz CT molecular complexity index is 1380. The van der Waals surface area contributed by atoms with Gasteiger partial charge < -0.3 is 25.2 Å². The van der Waals surface area contributed by atoms with Crippen LogP contribution in [0.2, 0.25) is 5.02 Å². The van der Waals surface area contributed by atoms with E-state index in [1.54, 1.807) is 25.3 Å². The third-order valence-electron chi connectivity index (χ3n) is 6.48. The van der Waals surface area contributed by atoms with E-state index in [1.807, 2.05) is 29.2 Å². The summed E-state index contributed by atoms with van der Waals surface area (Å²) >= 11 is 6.34. The third-order valence-corrected chi connectivity index (χ3v) is 7.69. The molecule has 2 aliphatic rings. The van der Waals surface area contributed by atoms with E-state index in [4.69, 9.17) is 16.3 Å². The van der Waals surface area contributed by atoms with Crippen LogP contribution in [-0.2, 0) is 9.36 Å². The first-order valence-electron chi connectivity index (χ1n) is 12.1. The second kappa shape index (κ2) is 10.8. The number of rotatable bonds is 8. The van der Waals surface area contributed by atoms with Crippen LogP contribution < -0.4 is 25.6 Å². The summed E-state index contributed by atoms with van der Waals surface area (Å²) in [4.78, 5) is 25.4. The minimum absolute atomic E-state index is 0.255. The zero-order chi connectivity index (χ0) is 25.9. The molecule has 5 rings (SSSR count). The summed E-state index contributed by atoms with van der Waals surface area (Å²) in [6.07, 6.45) is 7.20. The molecule has 1 amide bonds. The van der Waals surface area contributed by atoms with Gasteiger partial charge >= 0.3 is 0 Å². The molecule has 0 bridgehead atoms. The maximum Gasteiger partial charge on any atom is 0.229 e. The molecule has 0 spiro atoms. The summed E-state index contributed by atoms with van der Waals surface area (Å²) in [5.74, 6) is 1.89. The molecule has 3 aromatic rings. The number of amides is 1. The molecule has 2 N–H and O–H groups in total. The lowest BCUT2D eigenvalue weighted by Crippen LogP contribution is -2.49. The van der Waals surface area contributed by atoms with E-state index in [0.29, 0.717) is 45.1 Å². The van der Waals surface area contributed by atoms with Crippen molar-refractivity contribution < 1.29 is 14.1 Å². The summed E-state index contributed by atoms with van der Waals surface area (Å²) in [6, 6.07) is 13.1. The Labute approximate surface area is 221 Å². The predicted octanol–water partition coefficient (Wildman–Crippen LogP) is 4.57. The van der Waals surface area contributed by atoms with Gasteiger partial charge in [-0.05, 0) is 43.4 Å².